The second-order valence-corrected chi connectivity index (χ2v) is 6.53. The minimum atomic E-state index is -0.708. The third-order valence-electron chi connectivity index (χ3n) is 3.34. The first-order chi connectivity index (χ1) is 12.4. The molecular weight excluding hydrogens is 381 g/mol. The molecule has 0 bridgehead atoms. The molecule has 3 aromatic rings. The number of amides is 2. The van der Waals surface area contributed by atoms with E-state index in [-0.39, 0.29) is 28.2 Å². The molecular formula is C17H13ClFN3O3S. The SMILES string of the molecule is CC(=O)NCc1ccc(-c2csc(NC(=O)c3c(F)cccc3Cl)n2)o1. The van der Waals surface area contributed by atoms with E-state index in [0.717, 1.165) is 6.07 Å². The minimum Gasteiger partial charge on any atom is -0.458 e. The third kappa shape index (κ3) is 4.09. The number of hydrogen-bond donors (Lipinski definition) is 2. The van der Waals surface area contributed by atoms with Crippen LogP contribution in [0.1, 0.15) is 23.0 Å². The Kier molecular flexibility index (Phi) is 5.34. The van der Waals surface area contributed by atoms with Crippen LogP contribution in [0.4, 0.5) is 9.52 Å². The molecule has 6 nitrogen and oxygen atoms in total. The van der Waals surface area contributed by atoms with Crippen molar-refractivity contribution in [3.63, 3.8) is 0 Å². The first kappa shape index (κ1) is 18.1. The van der Waals surface area contributed by atoms with Gasteiger partial charge >= 0.3 is 0 Å². The molecule has 1 aromatic carbocycles. The molecule has 0 radical (unpaired) electrons. The van der Waals surface area contributed by atoms with Crippen molar-refractivity contribution in [1.29, 1.82) is 0 Å². The van der Waals surface area contributed by atoms with Crippen LogP contribution in [0.5, 0.6) is 0 Å². The van der Waals surface area contributed by atoms with E-state index in [4.69, 9.17) is 16.0 Å². The lowest BCUT2D eigenvalue weighted by molar-refractivity contribution is -0.119. The van der Waals surface area contributed by atoms with Crippen molar-refractivity contribution in [2.45, 2.75) is 13.5 Å². The average molecular weight is 394 g/mol. The maximum Gasteiger partial charge on any atom is 0.261 e. The highest BCUT2D eigenvalue weighted by molar-refractivity contribution is 7.14. The van der Waals surface area contributed by atoms with Crippen molar-refractivity contribution in [2.24, 2.45) is 0 Å². The van der Waals surface area contributed by atoms with Gasteiger partial charge in [0, 0.05) is 12.3 Å². The number of rotatable bonds is 5. The molecule has 2 N–H and O–H groups in total. The van der Waals surface area contributed by atoms with Gasteiger partial charge in [0.25, 0.3) is 5.91 Å². The van der Waals surface area contributed by atoms with Gasteiger partial charge in [0.05, 0.1) is 17.1 Å². The Morgan fingerprint density at radius 3 is 2.85 bits per heavy atom. The number of carbonyl (C=O) groups excluding carboxylic acids is 2. The second-order valence-electron chi connectivity index (χ2n) is 5.26. The highest BCUT2D eigenvalue weighted by atomic mass is 35.5. The van der Waals surface area contributed by atoms with Gasteiger partial charge in [-0.15, -0.1) is 11.3 Å². The van der Waals surface area contributed by atoms with Gasteiger partial charge in [-0.3, -0.25) is 14.9 Å². The van der Waals surface area contributed by atoms with Crippen LogP contribution in [0.3, 0.4) is 0 Å². The Bertz CT molecular complexity index is 950. The summed E-state index contributed by atoms with van der Waals surface area (Å²) in [5, 5.41) is 7.15. The first-order valence-corrected chi connectivity index (χ1v) is 8.74. The molecule has 0 aliphatic heterocycles. The number of nitrogens with one attached hydrogen (secondary N) is 2. The average Bonchev–Trinajstić information content (AvgIpc) is 3.21. The molecule has 0 spiro atoms. The zero-order valence-corrected chi connectivity index (χ0v) is 15.1. The monoisotopic (exact) mass is 393 g/mol. The zero-order valence-electron chi connectivity index (χ0n) is 13.5. The molecule has 26 heavy (non-hydrogen) atoms. The number of furan rings is 1. The van der Waals surface area contributed by atoms with Crippen LogP contribution in [0.25, 0.3) is 11.5 Å². The Labute approximate surface area is 157 Å². The normalized spacial score (nSPS) is 10.6. The van der Waals surface area contributed by atoms with Crippen molar-refractivity contribution in [2.75, 3.05) is 5.32 Å². The molecule has 0 saturated carbocycles. The summed E-state index contributed by atoms with van der Waals surface area (Å²) < 4.78 is 19.4. The predicted molar refractivity (Wildman–Crippen MR) is 96.7 cm³/mol. The van der Waals surface area contributed by atoms with Gasteiger partial charge in [-0.25, -0.2) is 9.37 Å². The topological polar surface area (TPSA) is 84.2 Å². The molecule has 2 amide bonds. The Morgan fingerprint density at radius 1 is 1.31 bits per heavy atom. The standard InChI is InChI=1S/C17H13ClFN3O3S/c1-9(23)20-7-10-5-6-14(25-10)13-8-26-17(21-13)22-16(24)15-11(18)3-2-4-12(15)19/h2-6,8H,7H2,1H3,(H,20,23)(H,21,22,24). The smallest absolute Gasteiger partial charge is 0.261 e. The van der Waals surface area contributed by atoms with Crippen molar-refractivity contribution in [3.8, 4) is 11.5 Å². The van der Waals surface area contributed by atoms with Crippen LogP contribution >= 0.6 is 22.9 Å². The van der Waals surface area contributed by atoms with Gasteiger partial charge in [-0.05, 0) is 24.3 Å². The van der Waals surface area contributed by atoms with Crippen LogP contribution in [-0.2, 0) is 11.3 Å². The van der Waals surface area contributed by atoms with E-state index in [2.05, 4.69) is 15.6 Å². The van der Waals surface area contributed by atoms with E-state index >= 15 is 0 Å². The largest absolute Gasteiger partial charge is 0.458 e. The summed E-state index contributed by atoms with van der Waals surface area (Å²) >= 11 is 7.05. The zero-order chi connectivity index (χ0) is 18.7. The second kappa shape index (κ2) is 7.67. The van der Waals surface area contributed by atoms with Crippen LogP contribution in [0.2, 0.25) is 5.02 Å². The minimum absolute atomic E-state index is 0.0212. The van der Waals surface area contributed by atoms with E-state index in [0.29, 0.717) is 17.2 Å². The molecule has 134 valence electrons. The fourth-order valence-electron chi connectivity index (χ4n) is 2.14. The summed E-state index contributed by atoms with van der Waals surface area (Å²) in [4.78, 5) is 27.4. The van der Waals surface area contributed by atoms with E-state index in [9.17, 15) is 14.0 Å². The maximum atomic E-state index is 13.8. The lowest BCUT2D eigenvalue weighted by Gasteiger charge is -2.04. The van der Waals surface area contributed by atoms with E-state index in [1.807, 2.05) is 0 Å². The van der Waals surface area contributed by atoms with Crippen molar-refractivity contribution in [3.05, 3.63) is 57.9 Å². The maximum absolute atomic E-state index is 13.8. The lowest BCUT2D eigenvalue weighted by atomic mass is 10.2. The van der Waals surface area contributed by atoms with E-state index in [1.165, 1.54) is 30.4 Å². The summed E-state index contributed by atoms with van der Waals surface area (Å²) in [5.41, 5.74) is 0.278. The number of thiazole rings is 1. The number of benzene rings is 1. The van der Waals surface area contributed by atoms with Crippen molar-refractivity contribution in [1.82, 2.24) is 10.3 Å². The van der Waals surface area contributed by atoms with Gasteiger partial charge < -0.3 is 9.73 Å². The molecule has 0 aliphatic carbocycles. The first-order valence-electron chi connectivity index (χ1n) is 7.48. The molecule has 0 saturated heterocycles. The van der Waals surface area contributed by atoms with Gasteiger partial charge in [0.15, 0.2) is 10.9 Å². The van der Waals surface area contributed by atoms with Gasteiger partial charge in [0.1, 0.15) is 17.3 Å². The number of hydrogen-bond acceptors (Lipinski definition) is 5. The Balaban J connectivity index is 1.72. The van der Waals surface area contributed by atoms with E-state index < -0.39 is 11.7 Å². The highest BCUT2D eigenvalue weighted by Gasteiger charge is 2.18. The van der Waals surface area contributed by atoms with Crippen LogP contribution in [0.15, 0.2) is 40.1 Å². The molecule has 0 unspecified atom stereocenters. The lowest BCUT2D eigenvalue weighted by Crippen LogP contribution is -2.18. The number of aromatic nitrogens is 1. The summed E-state index contributed by atoms with van der Waals surface area (Å²) in [6, 6.07) is 7.46. The summed E-state index contributed by atoms with van der Waals surface area (Å²) in [6.45, 7) is 1.69. The van der Waals surface area contributed by atoms with Gasteiger partial charge in [0.2, 0.25) is 5.91 Å². The summed E-state index contributed by atoms with van der Waals surface area (Å²) in [5.74, 6) is -0.480. The van der Waals surface area contributed by atoms with Crippen LogP contribution < -0.4 is 10.6 Å². The van der Waals surface area contributed by atoms with Crippen LogP contribution in [0, 0.1) is 5.82 Å². The molecule has 2 heterocycles. The fourth-order valence-corrected chi connectivity index (χ4v) is 3.08. The van der Waals surface area contributed by atoms with E-state index in [1.54, 1.807) is 17.5 Å². The summed E-state index contributed by atoms with van der Waals surface area (Å²) in [7, 11) is 0. The molecule has 9 heteroatoms. The predicted octanol–water partition coefficient (Wildman–Crippen LogP) is 4.08. The summed E-state index contributed by atoms with van der Waals surface area (Å²) in [6.07, 6.45) is 0. The van der Waals surface area contributed by atoms with Crippen molar-refractivity contribution < 1.29 is 18.4 Å². The number of halogens is 2. The number of carbonyl (C=O) groups is 2. The number of nitrogens with zero attached hydrogens (tertiary/aromatic N) is 1. The Morgan fingerprint density at radius 2 is 2.12 bits per heavy atom. The third-order valence-corrected chi connectivity index (χ3v) is 4.41. The van der Waals surface area contributed by atoms with Gasteiger partial charge in [-0.2, -0.15) is 0 Å². The molecule has 3 rings (SSSR count). The number of anilines is 1. The molecule has 0 aliphatic rings. The van der Waals surface area contributed by atoms with Crippen molar-refractivity contribution >= 4 is 39.9 Å². The fraction of sp³-hybridized carbons (Fsp3) is 0.118. The molecule has 2 aromatic heterocycles. The molecule has 0 atom stereocenters. The van der Waals surface area contributed by atoms with Gasteiger partial charge in [-0.1, -0.05) is 17.7 Å². The quantitative estimate of drug-likeness (QED) is 0.684. The Hall–Kier alpha value is -2.71. The highest BCUT2D eigenvalue weighted by Crippen LogP contribution is 2.28. The molecule has 0 fully saturated rings. The van der Waals surface area contributed by atoms with Crippen LogP contribution in [-0.4, -0.2) is 16.8 Å².